The van der Waals surface area contributed by atoms with E-state index in [2.05, 4.69) is 49.0 Å². The minimum absolute atomic E-state index is 0. The van der Waals surface area contributed by atoms with Crippen LogP contribution in [-0.4, -0.2) is 4.57 Å². The second-order valence-corrected chi connectivity index (χ2v) is 2.94. The maximum Gasteiger partial charge on any atom is 0.0480 e. The Labute approximate surface area is 66.3 Å². The van der Waals surface area contributed by atoms with E-state index in [0.29, 0.717) is 0 Å². The number of nitrogens with zero attached hydrogens (tertiary/aromatic N) is 1. The molecule has 2 rings (SSSR count). The zero-order chi connectivity index (χ0) is 7.84. The zero-order valence-electron chi connectivity index (χ0n) is 7.09. The van der Waals surface area contributed by atoms with E-state index in [1.807, 2.05) is 0 Å². The molecular weight excluding hydrogens is 396 g/mol. The molecule has 0 aliphatic carbocycles. The first-order valence-corrected chi connectivity index (χ1v) is 3.80. The van der Waals surface area contributed by atoms with Gasteiger partial charge in [-0.25, -0.2) is 0 Å². The summed E-state index contributed by atoms with van der Waals surface area (Å²) in [7, 11) is 2.08. The Bertz CT molecular complexity index is 354. The van der Waals surface area contributed by atoms with Gasteiger partial charge in [-0.15, -0.1) is 0 Å². The van der Waals surface area contributed by atoms with E-state index in [4.69, 9.17) is 0 Å². The molecule has 12 heavy (non-hydrogen) atoms. The molecule has 0 saturated carbocycles. The van der Waals surface area contributed by atoms with Crippen LogP contribution in [0.2, 0.25) is 0 Å². The minimum Gasteiger partial charge on any atom is -0.350 e. The summed E-state index contributed by atoms with van der Waals surface area (Å²) in [6.07, 6.45) is 2.16. The average Bonchev–Trinajstić information content (AvgIpc) is 2.30. The number of aromatic nitrogens is 1. The molecule has 2 heteroatoms. The smallest absolute Gasteiger partial charge is 0.0480 e. The first-order valence-electron chi connectivity index (χ1n) is 3.80. The number of fused-ring (bicyclic) bond motifs is 1. The molecule has 71 valence electrons. The zero-order valence-corrected chi connectivity index (χ0v) is 9.24. The van der Waals surface area contributed by atoms with Crippen molar-refractivity contribution in [2.24, 2.45) is 7.05 Å². The van der Waals surface area contributed by atoms with Gasteiger partial charge >= 0.3 is 0 Å². The number of hydrogen-bond acceptors (Lipinski definition) is 0. The number of benzene rings is 1. The number of aryl methyl sites for hydroxylation is 2. The van der Waals surface area contributed by atoms with Crippen molar-refractivity contribution in [2.45, 2.75) is 6.92 Å². The third-order valence-electron chi connectivity index (χ3n) is 2.10. The van der Waals surface area contributed by atoms with E-state index < -0.39 is 0 Å². The Hall–Kier alpha value is -2.24. The first kappa shape index (κ1) is 7.86. The van der Waals surface area contributed by atoms with Gasteiger partial charge in [0.05, 0.1) is 0 Å². The molecule has 0 saturated heterocycles. The predicted octanol–water partition coefficient (Wildman–Crippen LogP) is 2.49. The molecule has 1 aromatic heterocycles. The van der Waals surface area contributed by atoms with Crippen molar-refractivity contribution in [3.63, 3.8) is 0 Å². The van der Waals surface area contributed by atoms with E-state index in [1.165, 1.54) is 16.5 Å². The van der Waals surface area contributed by atoms with E-state index in [-0.39, 0.29) is 0 Å². The molecule has 0 bridgehead atoms. The normalized spacial score (nSPS) is 9.83. The fraction of sp³-hybridized carbons (Fsp3) is 0.200. The third kappa shape index (κ3) is 0.823. The second kappa shape index (κ2) is 2.42. The quantitative estimate of drug-likeness (QED) is 0.633. The maximum absolute atomic E-state index is 2.16. The van der Waals surface area contributed by atoms with Crippen LogP contribution in [0, 0.1) is 6.92 Å². The van der Waals surface area contributed by atoms with Crippen molar-refractivity contribution < 1.29 is 0 Å². The van der Waals surface area contributed by atoms with Gasteiger partial charge in [-0.1, -0.05) is 18.2 Å². The van der Waals surface area contributed by atoms with Gasteiger partial charge < -0.3 is 4.57 Å². The molecule has 0 N–H and O–H groups in total. The molecule has 0 fully saturated rings. The van der Waals surface area contributed by atoms with Gasteiger partial charge in [-0.3, -0.25) is 0 Å². The van der Waals surface area contributed by atoms with Crippen molar-refractivity contribution in [2.75, 3.05) is 0 Å². The standard InChI is InChI=1S/C10H11N.Lr/c1-8-7-11(2)10-6-4-3-5-9(8)10;/h3-7H,1-2H3;. The van der Waals surface area contributed by atoms with Crippen molar-refractivity contribution in [3.05, 3.63) is 36.0 Å². The monoisotopic (exact) mass is 407 g/mol. The van der Waals surface area contributed by atoms with Gasteiger partial charge in [0, 0.05) is 24.1 Å². The second-order valence-electron chi connectivity index (χ2n) is 2.94. The van der Waals surface area contributed by atoms with Crippen LogP contribution < -0.4 is 0 Å². The molecule has 0 unspecified atom stereocenters. The van der Waals surface area contributed by atoms with Crippen LogP contribution in [0.15, 0.2) is 30.5 Å². The van der Waals surface area contributed by atoms with E-state index in [1.54, 1.807) is 0 Å². The summed E-state index contributed by atoms with van der Waals surface area (Å²) < 4.78 is 2.16. The summed E-state index contributed by atoms with van der Waals surface area (Å²) in [5, 5.41) is 1.36. The molecule has 0 aliphatic heterocycles. The summed E-state index contributed by atoms with van der Waals surface area (Å²) in [5.74, 6) is 0. The predicted molar refractivity (Wildman–Crippen MR) is 47.7 cm³/mol. The van der Waals surface area contributed by atoms with Crippen LogP contribution in [0.4, 0.5) is 0 Å². The van der Waals surface area contributed by atoms with Gasteiger partial charge in [-0.05, 0) is 18.6 Å². The van der Waals surface area contributed by atoms with Crippen molar-refractivity contribution >= 4 is 10.9 Å². The Balaban J connectivity index is 0.000000720. The Morgan fingerprint density at radius 2 is 1.83 bits per heavy atom. The van der Waals surface area contributed by atoms with Gasteiger partial charge in [0.2, 0.25) is 0 Å². The van der Waals surface area contributed by atoms with E-state index in [0.717, 1.165) is 0 Å². The fourth-order valence-corrected chi connectivity index (χ4v) is 1.54. The topological polar surface area (TPSA) is 4.93 Å². The molecule has 1 radical (unpaired) electrons. The van der Waals surface area contributed by atoms with Crippen LogP contribution in [0.1, 0.15) is 5.56 Å². The van der Waals surface area contributed by atoms with Crippen molar-refractivity contribution in [3.8, 4) is 0 Å². The largest absolute Gasteiger partial charge is 0.350 e. The number of hydrogen-bond donors (Lipinski definition) is 0. The third-order valence-corrected chi connectivity index (χ3v) is 2.10. The van der Waals surface area contributed by atoms with Crippen LogP contribution in [0.5, 0.6) is 0 Å². The van der Waals surface area contributed by atoms with Crippen LogP contribution in [0.3, 0.4) is 0 Å². The van der Waals surface area contributed by atoms with Crippen molar-refractivity contribution in [1.82, 2.24) is 4.57 Å². The average molecular weight is 407 g/mol. The van der Waals surface area contributed by atoms with Crippen LogP contribution in [0.25, 0.3) is 10.9 Å². The minimum atomic E-state index is 0. The molecule has 0 atom stereocenters. The maximum atomic E-state index is 2.16. The molecular formula is C10H11LrN. The van der Waals surface area contributed by atoms with Crippen molar-refractivity contribution in [1.29, 1.82) is 0 Å². The number of para-hydroxylation sites is 1. The Morgan fingerprint density at radius 1 is 1.17 bits per heavy atom. The van der Waals surface area contributed by atoms with Crippen LogP contribution >= 0.6 is 0 Å². The van der Waals surface area contributed by atoms with E-state index in [9.17, 15) is 0 Å². The SMILES string of the molecule is Cc1cn(C)c2ccccc12.[Lr]. The molecule has 0 aliphatic rings. The summed E-state index contributed by atoms with van der Waals surface area (Å²) in [4.78, 5) is 0. The Morgan fingerprint density at radius 3 is 2.50 bits per heavy atom. The molecule has 1 heterocycles. The summed E-state index contributed by atoms with van der Waals surface area (Å²) >= 11 is 0. The van der Waals surface area contributed by atoms with E-state index >= 15 is 0 Å². The number of rotatable bonds is 0. The molecule has 1 aromatic carbocycles. The summed E-state index contributed by atoms with van der Waals surface area (Å²) in [6, 6.07) is 8.45. The summed E-state index contributed by atoms with van der Waals surface area (Å²) in [5.41, 5.74) is 2.66. The fourth-order valence-electron chi connectivity index (χ4n) is 1.54. The van der Waals surface area contributed by atoms with Gasteiger partial charge in [0.25, 0.3) is 0 Å². The van der Waals surface area contributed by atoms with Gasteiger partial charge in [-0.2, -0.15) is 0 Å². The molecule has 0 amide bonds. The summed E-state index contributed by atoms with van der Waals surface area (Å²) in [6.45, 7) is 2.14. The molecule has 2 aromatic rings. The van der Waals surface area contributed by atoms with Gasteiger partial charge in [0.15, 0.2) is 0 Å². The first-order chi connectivity index (χ1) is 5.29. The Kier molecular flexibility index (Phi) is 1.59. The molecule has 1 nitrogen and oxygen atoms in total. The van der Waals surface area contributed by atoms with Crippen LogP contribution in [-0.2, 0) is 7.05 Å². The molecule has 0 spiro atoms. The van der Waals surface area contributed by atoms with Gasteiger partial charge in [0.1, 0.15) is 0 Å².